The van der Waals surface area contributed by atoms with Gasteiger partial charge in [0.2, 0.25) is 0 Å². The molecule has 0 aliphatic carbocycles. The summed E-state index contributed by atoms with van der Waals surface area (Å²) in [7, 11) is 0. The summed E-state index contributed by atoms with van der Waals surface area (Å²) in [4.78, 5) is 5.63. The van der Waals surface area contributed by atoms with E-state index in [9.17, 15) is 0 Å². The van der Waals surface area contributed by atoms with E-state index < -0.39 is 0 Å². The van der Waals surface area contributed by atoms with Crippen LogP contribution < -0.4 is 0 Å². The molecular weight excluding hydrogens is 276 g/mol. The minimum absolute atomic E-state index is 0.0124. The number of thiazole rings is 1. The van der Waals surface area contributed by atoms with Crippen LogP contribution in [0.2, 0.25) is 0 Å². The number of nitrogens with zero attached hydrogens (tertiary/aromatic N) is 3. The van der Waals surface area contributed by atoms with E-state index in [4.69, 9.17) is 12.2 Å². The van der Waals surface area contributed by atoms with Gasteiger partial charge in [-0.2, -0.15) is 5.10 Å². The third kappa shape index (κ3) is 2.95. The van der Waals surface area contributed by atoms with Crippen LogP contribution in [0.25, 0.3) is 10.7 Å². The Balaban J connectivity index is 2.48. The van der Waals surface area contributed by atoms with E-state index in [0.717, 1.165) is 35.8 Å². The fourth-order valence-electron chi connectivity index (χ4n) is 1.95. The lowest BCUT2D eigenvalue weighted by atomic mass is 9.91. The fraction of sp³-hybridized carbons (Fsp3) is 0.615. The van der Waals surface area contributed by atoms with Gasteiger partial charge in [-0.3, -0.25) is 9.67 Å². The zero-order valence-corrected chi connectivity index (χ0v) is 13.5. The molecule has 2 rings (SSSR count). The van der Waals surface area contributed by atoms with Crippen LogP contribution in [0.3, 0.4) is 0 Å². The molecule has 0 aromatic carbocycles. The van der Waals surface area contributed by atoms with Crippen molar-refractivity contribution in [3.8, 4) is 10.7 Å². The number of H-pyrrole nitrogens is 1. The maximum absolute atomic E-state index is 5.33. The molecule has 0 unspecified atom stereocenters. The van der Waals surface area contributed by atoms with Crippen LogP contribution in [0.4, 0.5) is 0 Å². The molecule has 0 spiro atoms. The summed E-state index contributed by atoms with van der Waals surface area (Å²) < 4.78 is 2.78. The Labute approximate surface area is 122 Å². The molecule has 2 aromatic heterocycles. The molecule has 104 valence electrons. The van der Waals surface area contributed by atoms with Crippen molar-refractivity contribution in [3.05, 3.63) is 16.0 Å². The summed E-state index contributed by atoms with van der Waals surface area (Å²) in [6, 6.07) is 0. The van der Waals surface area contributed by atoms with Crippen molar-refractivity contribution in [2.24, 2.45) is 0 Å². The molecule has 0 amide bonds. The van der Waals surface area contributed by atoms with E-state index in [0.29, 0.717) is 4.77 Å². The summed E-state index contributed by atoms with van der Waals surface area (Å²) in [5, 5.41) is 7.31. The third-order valence-corrected chi connectivity index (χ3v) is 4.11. The Morgan fingerprint density at radius 3 is 2.79 bits per heavy atom. The third-order valence-electron chi connectivity index (χ3n) is 2.97. The molecule has 0 saturated carbocycles. The first-order valence-electron chi connectivity index (χ1n) is 6.54. The van der Waals surface area contributed by atoms with Crippen molar-refractivity contribution < 1.29 is 0 Å². The van der Waals surface area contributed by atoms with Crippen LogP contribution in [0.1, 0.15) is 46.2 Å². The highest BCUT2D eigenvalue weighted by Gasteiger charge is 2.24. The largest absolute Gasteiger partial charge is 0.299 e. The first-order chi connectivity index (χ1) is 8.95. The average Bonchev–Trinajstić information content (AvgIpc) is 2.92. The Morgan fingerprint density at radius 2 is 2.16 bits per heavy atom. The summed E-state index contributed by atoms with van der Waals surface area (Å²) in [6.45, 7) is 9.59. The van der Waals surface area contributed by atoms with Gasteiger partial charge < -0.3 is 0 Å². The van der Waals surface area contributed by atoms with E-state index in [1.54, 1.807) is 11.3 Å². The average molecular weight is 296 g/mol. The Morgan fingerprint density at radius 1 is 1.42 bits per heavy atom. The molecule has 4 nitrogen and oxygen atoms in total. The van der Waals surface area contributed by atoms with Crippen molar-refractivity contribution >= 4 is 23.6 Å². The second-order valence-corrected chi connectivity index (χ2v) is 6.88. The summed E-state index contributed by atoms with van der Waals surface area (Å²) in [5.74, 6) is 0.922. The van der Waals surface area contributed by atoms with Crippen molar-refractivity contribution in [3.63, 3.8) is 0 Å². The number of nitrogens with one attached hydrogen (secondary N) is 1. The van der Waals surface area contributed by atoms with Gasteiger partial charge in [-0.05, 0) is 18.6 Å². The maximum atomic E-state index is 5.33. The molecule has 19 heavy (non-hydrogen) atoms. The Hall–Kier alpha value is -1.01. The Bertz CT molecular complexity index is 601. The first-order valence-corrected chi connectivity index (χ1v) is 7.83. The van der Waals surface area contributed by atoms with Crippen LogP contribution in [0.5, 0.6) is 0 Å². The standard InChI is InChI=1S/C13H20N4S2/c1-5-6-7-17-11(15-16-12(17)18)9-10(13(2,3)4)14-8-19-9/h8H,5-7H2,1-4H3,(H,16,18). The van der Waals surface area contributed by atoms with Gasteiger partial charge in [-0.25, -0.2) is 4.98 Å². The lowest BCUT2D eigenvalue weighted by Crippen LogP contribution is -2.13. The minimum atomic E-state index is 0.0124. The van der Waals surface area contributed by atoms with Gasteiger partial charge in [0.15, 0.2) is 10.6 Å². The van der Waals surface area contributed by atoms with Gasteiger partial charge in [-0.1, -0.05) is 34.1 Å². The summed E-state index contributed by atoms with van der Waals surface area (Å²) >= 11 is 6.96. The van der Waals surface area contributed by atoms with Crippen LogP contribution in [-0.2, 0) is 12.0 Å². The number of aromatic nitrogens is 4. The number of hydrogen-bond donors (Lipinski definition) is 1. The fourth-order valence-corrected chi connectivity index (χ4v) is 3.17. The lowest BCUT2D eigenvalue weighted by molar-refractivity contribution is 0.572. The number of aromatic amines is 1. The van der Waals surface area contributed by atoms with E-state index in [1.807, 2.05) is 5.51 Å². The molecule has 0 saturated heterocycles. The van der Waals surface area contributed by atoms with Gasteiger partial charge in [0.25, 0.3) is 0 Å². The molecule has 6 heteroatoms. The van der Waals surface area contributed by atoms with Crippen LogP contribution >= 0.6 is 23.6 Å². The minimum Gasteiger partial charge on any atom is -0.299 e. The van der Waals surface area contributed by atoms with Gasteiger partial charge >= 0.3 is 0 Å². The quantitative estimate of drug-likeness (QED) is 0.862. The lowest BCUT2D eigenvalue weighted by Gasteiger charge is -2.17. The SMILES string of the molecule is CCCCn1c(-c2scnc2C(C)(C)C)n[nH]c1=S. The summed E-state index contributed by atoms with van der Waals surface area (Å²) in [6.07, 6.45) is 2.24. The van der Waals surface area contributed by atoms with Crippen molar-refractivity contribution in [2.75, 3.05) is 0 Å². The van der Waals surface area contributed by atoms with Crippen molar-refractivity contribution in [2.45, 2.75) is 52.5 Å². The zero-order chi connectivity index (χ0) is 14.0. The second-order valence-electron chi connectivity index (χ2n) is 5.64. The maximum Gasteiger partial charge on any atom is 0.195 e. The number of hydrogen-bond acceptors (Lipinski definition) is 4. The van der Waals surface area contributed by atoms with Gasteiger partial charge in [0, 0.05) is 12.0 Å². The molecule has 2 heterocycles. The first kappa shape index (κ1) is 14.4. The van der Waals surface area contributed by atoms with Gasteiger partial charge in [0.1, 0.15) is 0 Å². The van der Waals surface area contributed by atoms with Crippen LogP contribution in [0.15, 0.2) is 5.51 Å². The number of rotatable bonds is 4. The highest BCUT2D eigenvalue weighted by atomic mass is 32.1. The van der Waals surface area contributed by atoms with Gasteiger partial charge in [-0.15, -0.1) is 11.3 Å². The van der Waals surface area contributed by atoms with Crippen molar-refractivity contribution in [1.82, 2.24) is 19.7 Å². The van der Waals surface area contributed by atoms with E-state index in [2.05, 4.69) is 47.4 Å². The van der Waals surface area contributed by atoms with E-state index in [-0.39, 0.29) is 5.41 Å². The van der Waals surface area contributed by atoms with E-state index in [1.165, 1.54) is 0 Å². The van der Waals surface area contributed by atoms with Crippen molar-refractivity contribution in [1.29, 1.82) is 0 Å². The molecular formula is C13H20N4S2. The topological polar surface area (TPSA) is 46.5 Å². The highest BCUT2D eigenvalue weighted by Crippen LogP contribution is 2.34. The highest BCUT2D eigenvalue weighted by molar-refractivity contribution is 7.71. The Kier molecular flexibility index (Phi) is 4.20. The summed E-state index contributed by atoms with van der Waals surface area (Å²) in [5.41, 5.74) is 2.99. The molecule has 0 fully saturated rings. The van der Waals surface area contributed by atoms with Crippen LogP contribution in [0, 0.1) is 4.77 Å². The molecule has 0 aliphatic rings. The number of unbranched alkanes of at least 4 members (excludes halogenated alkanes) is 1. The molecule has 0 atom stereocenters. The predicted molar refractivity (Wildman–Crippen MR) is 82.1 cm³/mol. The normalized spacial score (nSPS) is 12.0. The molecule has 1 N–H and O–H groups in total. The smallest absolute Gasteiger partial charge is 0.195 e. The second kappa shape index (κ2) is 5.54. The molecule has 0 radical (unpaired) electrons. The van der Waals surface area contributed by atoms with E-state index >= 15 is 0 Å². The molecule has 0 bridgehead atoms. The molecule has 0 aliphatic heterocycles. The predicted octanol–water partition coefficient (Wildman–Crippen LogP) is 4.16. The van der Waals surface area contributed by atoms with Crippen LogP contribution in [-0.4, -0.2) is 19.7 Å². The zero-order valence-electron chi connectivity index (χ0n) is 11.9. The molecule has 2 aromatic rings. The van der Waals surface area contributed by atoms with Gasteiger partial charge in [0.05, 0.1) is 16.1 Å². The monoisotopic (exact) mass is 296 g/mol.